The van der Waals surface area contributed by atoms with Gasteiger partial charge in [-0.1, -0.05) is 40.9 Å². The summed E-state index contributed by atoms with van der Waals surface area (Å²) < 4.78 is 16.3. The van der Waals surface area contributed by atoms with Crippen LogP contribution in [0.5, 0.6) is 17.2 Å². The second kappa shape index (κ2) is 12.6. The Bertz CT molecular complexity index is 1220. The van der Waals surface area contributed by atoms with Gasteiger partial charge in [-0.3, -0.25) is 9.59 Å². The number of amides is 2. The van der Waals surface area contributed by atoms with E-state index in [0.29, 0.717) is 38.5 Å². The summed E-state index contributed by atoms with van der Waals surface area (Å²) >= 11 is 11.8. The van der Waals surface area contributed by atoms with Crippen molar-refractivity contribution in [3.63, 3.8) is 0 Å². The topological polar surface area (TPSA) is 98.2 Å². The first kappa shape index (κ1) is 25.9. The first-order valence-electron chi connectivity index (χ1n) is 10.4. The number of rotatable bonds is 10. The van der Waals surface area contributed by atoms with Gasteiger partial charge >= 0.3 is 0 Å². The summed E-state index contributed by atoms with van der Waals surface area (Å²) in [7, 11) is 1.48. The fraction of sp³-hybridized carbons (Fsp3) is 0.160. The van der Waals surface area contributed by atoms with Crippen LogP contribution in [-0.4, -0.2) is 38.4 Å². The Balaban J connectivity index is 1.49. The van der Waals surface area contributed by atoms with E-state index in [1.807, 2.05) is 31.2 Å². The summed E-state index contributed by atoms with van der Waals surface area (Å²) in [6.45, 7) is 1.50. The van der Waals surface area contributed by atoms with E-state index >= 15 is 0 Å². The van der Waals surface area contributed by atoms with E-state index in [-0.39, 0.29) is 19.1 Å². The van der Waals surface area contributed by atoms with Crippen molar-refractivity contribution >= 4 is 46.9 Å². The number of carbonyl (C=O) groups excluding carboxylic acids is 2. The molecule has 0 saturated heterocycles. The first-order chi connectivity index (χ1) is 16.8. The van der Waals surface area contributed by atoms with Gasteiger partial charge in [-0.2, -0.15) is 5.10 Å². The number of ether oxygens (including phenoxy) is 3. The molecule has 182 valence electrons. The maximum Gasteiger partial charge on any atom is 0.277 e. The van der Waals surface area contributed by atoms with Crippen molar-refractivity contribution in [3.05, 3.63) is 81.8 Å². The number of aryl methyl sites for hydroxylation is 1. The zero-order chi connectivity index (χ0) is 25.2. The van der Waals surface area contributed by atoms with E-state index in [1.54, 1.807) is 30.3 Å². The van der Waals surface area contributed by atoms with Crippen molar-refractivity contribution in [1.29, 1.82) is 0 Å². The highest BCUT2D eigenvalue weighted by Gasteiger charge is 2.09. The van der Waals surface area contributed by atoms with Crippen LogP contribution in [0.15, 0.2) is 65.8 Å². The van der Waals surface area contributed by atoms with Gasteiger partial charge in [0, 0.05) is 10.7 Å². The predicted octanol–water partition coefficient (Wildman–Crippen LogP) is 4.86. The summed E-state index contributed by atoms with van der Waals surface area (Å²) in [5, 5.41) is 7.44. The molecule has 3 aromatic carbocycles. The van der Waals surface area contributed by atoms with Crippen molar-refractivity contribution < 1.29 is 23.8 Å². The molecule has 0 aliphatic rings. The highest BCUT2D eigenvalue weighted by molar-refractivity contribution is 6.35. The minimum atomic E-state index is -0.473. The third kappa shape index (κ3) is 8.20. The number of anilines is 1. The number of benzene rings is 3. The van der Waals surface area contributed by atoms with E-state index in [1.165, 1.54) is 19.4 Å². The fourth-order valence-corrected chi connectivity index (χ4v) is 3.27. The van der Waals surface area contributed by atoms with E-state index in [0.717, 1.165) is 5.56 Å². The first-order valence-corrected chi connectivity index (χ1v) is 11.2. The van der Waals surface area contributed by atoms with Crippen molar-refractivity contribution in [2.24, 2.45) is 5.10 Å². The summed E-state index contributed by atoms with van der Waals surface area (Å²) in [6, 6.07) is 17.2. The third-order valence-corrected chi connectivity index (χ3v) is 5.07. The number of nitrogens with zero attached hydrogens (tertiary/aromatic N) is 1. The maximum absolute atomic E-state index is 12.2. The zero-order valence-corrected chi connectivity index (χ0v) is 20.5. The smallest absolute Gasteiger partial charge is 0.277 e. The van der Waals surface area contributed by atoms with Crippen molar-refractivity contribution in [3.8, 4) is 17.2 Å². The van der Waals surface area contributed by atoms with Crippen molar-refractivity contribution in [1.82, 2.24) is 5.43 Å². The average Bonchev–Trinajstić information content (AvgIpc) is 2.84. The van der Waals surface area contributed by atoms with E-state index in [9.17, 15) is 9.59 Å². The molecule has 3 aromatic rings. The quantitative estimate of drug-likeness (QED) is 0.297. The van der Waals surface area contributed by atoms with Gasteiger partial charge in [0.1, 0.15) is 5.75 Å². The second-order valence-electron chi connectivity index (χ2n) is 7.27. The highest BCUT2D eigenvalue weighted by atomic mass is 35.5. The molecule has 0 aliphatic carbocycles. The molecule has 0 aliphatic heterocycles. The average molecular weight is 516 g/mol. The van der Waals surface area contributed by atoms with Gasteiger partial charge < -0.3 is 19.5 Å². The molecule has 2 N–H and O–H groups in total. The van der Waals surface area contributed by atoms with Crippen LogP contribution >= 0.6 is 23.2 Å². The second-order valence-corrected chi connectivity index (χ2v) is 8.11. The Kier molecular flexibility index (Phi) is 9.34. The molecule has 0 fully saturated rings. The minimum absolute atomic E-state index is 0.189. The number of hydrogen-bond donors (Lipinski definition) is 2. The highest BCUT2D eigenvalue weighted by Crippen LogP contribution is 2.28. The zero-order valence-electron chi connectivity index (χ0n) is 19.0. The lowest BCUT2D eigenvalue weighted by molar-refractivity contribution is -0.123. The molecular formula is C25H23Cl2N3O5. The van der Waals surface area contributed by atoms with Gasteiger partial charge in [0.2, 0.25) is 0 Å². The van der Waals surface area contributed by atoms with Crippen LogP contribution in [0.25, 0.3) is 0 Å². The minimum Gasteiger partial charge on any atom is -0.493 e. The lowest BCUT2D eigenvalue weighted by Gasteiger charge is -2.11. The van der Waals surface area contributed by atoms with Gasteiger partial charge in [0.05, 0.1) is 18.3 Å². The van der Waals surface area contributed by atoms with Crippen LogP contribution in [0.1, 0.15) is 11.1 Å². The molecular weight excluding hydrogens is 493 g/mol. The van der Waals surface area contributed by atoms with Gasteiger partial charge in [-0.05, 0) is 61.0 Å². The van der Waals surface area contributed by atoms with Gasteiger partial charge in [-0.25, -0.2) is 5.43 Å². The summed E-state index contributed by atoms with van der Waals surface area (Å²) in [4.78, 5) is 24.1. The normalized spacial score (nSPS) is 10.6. The predicted molar refractivity (Wildman–Crippen MR) is 136 cm³/mol. The molecule has 2 amide bonds. The fourth-order valence-electron chi connectivity index (χ4n) is 2.81. The van der Waals surface area contributed by atoms with Crippen molar-refractivity contribution in [2.75, 3.05) is 25.6 Å². The Labute approximate surface area is 212 Å². The Morgan fingerprint density at radius 1 is 0.886 bits per heavy atom. The number of hydrogen-bond acceptors (Lipinski definition) is 6. The van der Waals surface area contributed by atoms with Crippen LogP contribution < -0.4 is 25.0 Å². The van der Waals surface area contributed by atoms with Gasteiger partial charge in [0.25, 0.3) is 11.8 Å². The van der Waals surface area contributed by atoms with E-state index in [4.69, 9.17) is 37.4 Å². The number of hydrazone groups is 1. The molecule has 0 aromatic heterocycles. The molecule has 0 atom stereocenters. The van der Waals surface area contributed by atoms with Crippen molar-refractivity contribution in [2.45, 2.75) is 6.92 Å². The van der Waals surface area contributed by atoms with Gasteiger partial charge in [-0.15, -0.1) is 0 Å². The summed E-state index contributed by atoms with van der Waals surface area (Å²) in [6.07, 6.45) is 1.43. The third-order valence-electron chi connectivity index (χ3n) is 4.54. The van der Waals surface area contributed by atoms with Gasteiger partial charge in [0.15, 0.2) is 24.7 Å². The number of halogens is 2. The summed E-state index contributed by atoms with van der Waals surface area (Å²) in [5.74, 6) is 0.360. The SMILES string of the molecule is COc1cc(/C=N\NC(=O)COc2ccc(Cl)cc2Cl)ccc1OCC(=O)Nc1ccc(C)cc1. The maximum atomic E-state index is 12.2. The molecule has 0 bridgehead atoms. The molecule has 0 unspecified atom stereocenters. The molecule has 0 heterocycles. The van der Waals surface area contributed by atoms with Crippen LogP contribution in [0.2, 0.25) is 10.0 Å². The van der Waals surface area contributed by atoms with Crippen LogP contribution in [0.4, 0.5) is 5.69 Å². The van der Waals surface area contributed by atoms with E-state index < -0.39 is 5.91 Å². The molecule has 35 heavy (non-hydrogen) atoms. The molecule has 0 radical (unpaired) electrons. The number of carbonyl (C=O) groups is 2. The number of methoxy groups -OCH3 is 1. The number of nitrogens with one attached hydrogen (secondary N) is 2. The monoisotopic (exact) mass is 515 g/mol. The Morgan fingerprint density at radius 3 is 2.29 bits per heavy atom. The molecule has 8 nitrogen and oxygen atoms in total. The Hall–Kier alpha value is -3.75. The molecule has 10 heteroatoms. The molecule has 3 rings (SSSR count). The Morgan fingerprint density at radius 2 is 1.57 bits per heavy atom. The standard InChI is InChI=1S/C25H23Cl2N3O5/c1-16-3-7-19(8-4-16)29-24(31)14-35-22-9-5-17(11-23(22)33-2)13-28-30-25(32)15-34-21-10-6-18(26)12-20(21)27/h3-13H,14-15H2,1-2H3,(H,29,31)(H,30,32)/b28-13-. The van der Waals surface area contributed by atoms with Crippen LogP contribution in [-0.2, 0) is 9.59 Å². The molecule has 0 saturated carbocycles. The largest absolute Gasteiger partial charge is 0.493 e. The van der Waals surface area contributed by atoms with E-state index in [2.05, 4.69) is 15.8 Å². The lowest BCUT2D eigenvalue weighted by atomic mass is 10.2. The summed E-state index contributed by atoms with van der Waals surface area (Å²) in [5.41, 5.74) is 4.79. The van der Waals surface area contributed by atoms with Crippen LogP contribution in [0, 0.1) is 6.92 Å². The van der Waals surface area contributed by atoms with Crippen LogP contribution in [0.3, 0.4) is 0 Å². The lowest BCUT2D eigenvalue weighted by Crippen LogP contribution is -2.24. The molecule has 0 spiro atoms.